The molecule has 1 aromatic heterocycles. The van der Waals surface area contributed by atoms with E-state index in [-0.39, 0.29) is 0 Å². The molecule has 3 heteroatoms. The van der Waals surface area contributed by atoms with E-state index in [4.69, 9.17) is 4.74 Å². The first kappa shape index (κ1) is 12.0. The fourth-order valence-corrected chi connectivity index (χ4v) is 1.98. The Bertz CT molecular complexity index is 514. The van der Waals surface area contributed by atoms with Crippen LogP contribution < -0.4 is 10.1 Å². The second-order valence-corrected chi connectivity index (χ2v) is 4.76. The van der Waals surface area contributed by atoms with E-state index in [1.54, 1.807) is 7.11 Å². The van der Waals surface area contributed by atoms with E-state index in [0.717, 1.165) is 17.8 Å². The standard InChI is InChI=1S/C14H20N2O/c1-9(2)15-8-12-7-11-5-10(3)6-13(17-4)14(11)16-12/h5-7,9,15-16H,8H2,1-4H3. The zero-order valence-corrected chi connectivity index (χ0v) is 10.9. The Hall–Kier alpha value is -1.48. The van der Waals surface area contributed by atoms with Crippen molar-refractivity contribution in [2.24, 2.45) is 0 Å². The summed E-state index contributed by atoms with van der Waals surface area (Å²) in [5.74, 6) is 0.913. The minimum atomic E-state index is 0.491. The van der Waals surface area contributed by atoms with E-state index in [1.165, 1.54) is 16.6 Å². The summed E-state index contributed by atoms with van der Waals surface area (Å²) in [6, 6.07) is 6.90. The van der Waals surface area contributed by atoms with Crippen LogP contribution in [0.2, 0.25) is 0 Å². The van der Waals surface area contributed by atoms with Gasteiger partial charge in [0, 0.05) is 23.7 Å². The highest BCUT2D eigenvalue weighted by atomic mass is 16.5. The largest absolute Gasteiger partial charge is 0.495 e. The van der Waals surface area contributed by atoms with Crippen LogP contribution in [0, 0.1) is 6.92 Å². The number of aromatic nitrogens is 1. The van der Waals surface area contributed by atoms with Gasteiger partial charge in [-0.1, -0.05) is 13.8 Å². The van der Waals surface area contributed by atoms with Crippen LogP contribution in [0.4, 0.5) is 0 Å². The Morgan fingerprint density at radius 1 is 1.29 bits per heavy atom. The number of H-pyrrole nitrogens is 1. The van der Waals surface area contributed by atoms with Gasteiger partial charge in [-0.2, -0.15) is 0 Å². The summed E-state index contributed by atoms with van der Waals surface area (Å²) in [4.78, 5) is 3.41. The van der Waals surface area contributed by atoms with Crippen molar-refractivity contribution in [1.82, 2.24) is 10.3 Å². The van der Waals surface area contributed by atoms with Crippen molar-refractivity contribution in [3.63, 3.8) is 0 Å². The van der Waals surface area contributed by atoms with Crippen molar-refractivity contribution in [3.05, 3.63) is 29.5 Å². The number of aromatic amines is 1. The number of ether oxygens (including phenoxy) is 1. The van der Waals surface area contributed by atoms with Crippen LogP contribution >= 0.6 is 0 Å². The van der Waals surface area contributed by atoms with Crippen LogP contribution in [-0.2, 0) is 6.54 Å². The highest BCUT2D eigenvalue weighted by molar-refractivity contribution is 5.86. The highest BCUT2D eigenvalue weighted by Gasteiger charge is 2.07. The van der Waals surface area contributed by atoms with Gasteiger partial charge in [-0.05, 0) is 30.7 Å². The van der Waals surface area contributed by atoms with Gasteiger partial charge in [0.05, 0.1) is 12.6 Å². The van der Waals surface area contributed by atoms with Gasteiger partial charge in [0.2, 0.25) is 0 Å². The lowest BCUT2D eigenvalue weighted by molar-refractivity contribution is 0.418. The van der Waals surface area contributed by atoms with Crippen molar-refractivity contribution < 1.29 is 4.74 Å². The summed E-state index contributed by atoms with van der Waals surface area (Å²) in [6.07, 6.45) is 0. The SMILES string of the molecule is COc1cc(C)cc2cc(CNC(C)C)[nH]c12. The minimum absolute atomic E-state index is 0.491. The smallest absolute Gasteiger partial charge is 0.143 e. The van der Waals surface area contributed by atoms with E-state index < -0.39 is 0 Å². The first-order valence-corrected chi connectivity index (χ1v) is 5.99. The maximum absolute atomic E-state index is 5.40. The molecule has 2 N–H and O–H groups in total. The van der Waals surface area contributed by atoms with Crippen LogP contribution in [0.3, 0.4) is 0 Å². The van der Waals surface area contributed by atoms with Gasteiger partial charge in [-0.3, -0.25) is 0 Å². The molecule has 0 radical (unpaired) electrons. The molecule has 3 nitrogen and oxygen atoms in total. The van der Waals surface area contributed by atoms with E-state index in [2.05, 4.69) is 49.3 Å². The Balaban J connectivity index is 2.35. The molecule has 0 aliphatic rings. The molecule has 0 unspecified atom stereocenters. The number of rotatable bonds is 4. The third kappa shape index (κ3) is 2.61. The van der Waals surface area contributed by atoms with Crippen molar-refractivity contribution in [2.45, 2.75) is 33.4 Å². The number of aryl methyl sites for hydroxylation is 1. The molecule has 0 atom stereocenters. The number of nitrogens with one attached hydrogen (secondary N) is 2. The van der Waals surface area contributed by atoms with Crippen LogP contribution in [-0.4, -0.2) is 18.1 Å². The summed E-state index contributed by atoms with van der Waals surface area (Å²) in [6.45, 7) is 7.23. The average Bonchev–Trinajstić information content (AvgIpc) is 2.67. The molecule has 0 amide bonds. The van der Waals surface area contributed by atoms with E-state index in [1.807, 2.05) is 0 Å². The lowest BCUT2D eigenvalue weighted by Gasteiger charge is -2.05. The normalized spacial score (nSPS) is 11.4. The lowest BCUT2D eigenvalue weighted by Crippen LogP contribution is -2.21. The summed E-state index contributed by atoms with van der Waals surface area (Å²) in [7, 11) is 1.71. The maximum Gasteiger partial charge on any atom is 0.143 e. The summed E-state index contributed by atoms with van der Waals surface area (Å²) in [5.41, 5.74) is 3.49. The first-order chi connectivity index (χ1) is 8.10. The Kier molecular flexibility index (Phi) is 3.38. The van der Waals surface area contributed by atoms with Crippen LogP contribution in [0.15, 0.2) is 18.2 Å². The topological polar surface area (TPSA) is 37.0 Å². The van der Waals surface area contributed by atoms with E-state index in [0.29, 0.717) is 6.04 Å². The van der Waals surface area contributed by atoms with Gasteiger partial charge in [-0.15, -0.1) is 0 Å². The molecule has 0 fully saturated rings. The van der Waals surface area contributed by atoms with Crippen molar-refractivity contribution in [1.29, 1.82) is 0 Å². The predicted octanol–water partition coefficient (Wildman–Crippen LogP) is 2.98. The first-order valence-electron chi connectivity index (χ1n) is 5.99. The third-order valence-corrected chi connectivity index (χ3v) is 2.81. The van der Waals surface area contributed by atoms with Gasteiger partial charge in [0.1, 0.15) is 5.75 Å². The number of methoxy groups -OCH3 is 1. The Morgan fingerprint density at radius 3 is 2.71 bits per heavy atom. The van der Waals surface area contributed by atoms with Gasteiger partial charge in [0.15, 0.2) is 0 Å². The number of fused-ring (bicyclic) bond motifs is 1. The molecule has 2 rings (SSSR count). The maximum atomic E-state index is 5.40. The van der Waals surface area contributed by atoms with Crippen LogP contribution in [0.25, 0.3) is 10.9 Å². The predicted molar refractivity (Wildman–Crippen MR) is 71.6 cm³/mol. The molecule has 1 heterocycles. The van der Waals surface area contributed by atoms with Crippen LogP contribution in [0.1, 0.15) is 25.1 Å². The fraction of sp³-hybridized carbons (Fsp3) is 0.429. The molecule has 0 aliphatic heterocycles. The molecule has 1 aromatic carbocycles. The molecule has 0 spiro atoms. The zero-order valence-electron chi connectivity index (χ0n) is 10.9. The molecular formula is C14H20N2O. The zero-order chi connectivity index (χ0) is 12.4. The molecule has 0 saturated heterocycles. The monoisotopic (exact) mass is 232 g/mol. The summed E-state index contributed by atoms with van der Waals surface area (Å²) in [5, 5.41) is 4.61. The Morgan fingerprint density at radius 2 is 2.06 bits per heavy atom. The van der Waals surface area contributed by atoms with Crippen molar-refractivity contribution >= 4 is 10.9 Å². The Labute approximate surface area is 102 Å². The minimum Gasteiger partial charge on any atom is -0.495 e. The van der Waals surface area contributed by atoms with Gasteiger partial charge >= 0.3 is 0 Å². The third-order valence-electron chi connectivity index (χ3n) is 2.81. The molecule has 0 bridgehead atoms. The number of hydrogen-bond donors (Lipinski definition) is 2. The molecule has 0 saturated carbocycles. The van der Waals surface area contributed by atoms with E-state index in [9.17, 15) is 0 Å². The molecular weight excluding hydrogens is 212 g/mol. The fourth-order valence-electron chi connectivity index (χ4n) is 1.98. The van der Waals surface area contributed by atoms with Gasteiger partial charge in [-0.25, -0.2) is 0 Å². The van der Waals surface area contributed by atoms with Crippen molar-refractivity contribution in [3.8, 4) is 5.75 Å². The second kappa shape index (κ2) is 4.80. The second-order valence-electron chi connectivity index (χ2n) is 4.76. The summed E-state index contributed by atoms with van der Waals surface area (Å²) >= 11 is 0. The lowest BCUT2D eigenvalue weighted by atomic mass is 10.1. The van der Waals surface area contributed by atoms with Gasteiger partial charge in [0.25, 0.3) is 0 Å². The van der Waals surface area contributed by atoms with Gasteiger partial charge < -0.3 is 15.0 Å². The number of hydrogen-bond acceptors (Lipinski definition) is 2. The average molecular weight is 232 g/mol. The van der Waals surface area contributed by atoms with E-state index >= 15 is 0 Å². The highest BCUT2D eigenvalue weighted by Crippen LogP contribution is 2.27. The van der Waals surface area contributed by atoms with Crippen molar-refractivity contribution in [2.75, 3.05) is 7.11 Å². The molecule has 2 aromatic rings. The summed E-state index contributed by atoms with van der Waals surface area (Å²) < 4.78 is 5.40. The van der Waals surface area contributed by atoms with Crippen LogP contribution in [0.5, 0.6) is 5.75 Å². The molecule has 17 heavy (non-hydrogen) atoms. The molecule has 0 aliphatic carbocycles. The quantitative estimate of drug-likeness (QED) is 0.850. The molecule has 92 valence electrons. The number of benzene rings is 1.